The number of benzene rings is 4. The number of hydrogen-bond donors (Lipinski definition) is 0. The van der Waals surface area contributed by atoms with Crippen molar-refractivity contribution in [1.29, 1.82) is 0 Å². The van der Waals surface area contributed by atoms with Gasteiger partial charge in [-0.15, -0.1) is 24.8 Å². The van der Waals surface area contributed by atoms with Gasteiger partial charge in [-0.05, 0) is 152 Å². The minimum absolute atomic E-state index is 0. The molecular weight excluding hydrogens is 655 g/mol. The van der Waals surface area contributed by atoms with Gasteiger partial charge in [0, 0.05) is 55.7 Å². The van der Waals surface area contributed by atoms with E-state index in [-0.39, 0.29) is 30.9 Å². The van der Waals surface area contributed by atoms with Crippen LogP contribution in [0.15, 0.2) is 85.1 Å². The summed E-state index contributed by atoms with van der Waals surface area (Å²) in [6, 6.07) is 26.5. The molecule has 0 atom stereocenters. The molecule has 0 amide bonds. The van der Waals surface area contributed by atoms with Crippen molar-refractivity contribution in [1.82, 2.24) is 9.88 Å². The predicted octanol–water partition coefficient (Wildman–Crippen LogP) is 11.1. The second-order valence-electron chi connectivity index (χ2n) is 13.5. The number of likely N-dealkylation sites (tertiary alicyclic amines) is 1. The van der Waals surface area contributed by atoms with E-state index < -0.39 is 11.6 Å². The number of anilines is 1. The van der Waals surface area contributed by atoms with Gasteiger partial charge in [0.2, 0.25) is 0 Å². The minimum Gasteiger partial charge on any atom is -0.364 e. The first-order valence-corrected chi connectivity index (χ1v) is 16.7. The van der Waals surface area contributed by atoms with E-state index in [1.807, 2.05) is 12.3 Å². The van der Waals surface area contributed by atoms with Crippen LogP contribution in [0.3, 0.4) is 0 Å². The number of rotatable bonds is 8. The SMILES string of the molecule is Cc1cc(-c2cccc(CN3CCC(N(Cc4ccnc(-c5cc(C)c(C)c(C)c5)c4)c4ccc(F)c(F)c4)CC3)c2)cc(C)c1C.Cl.Cl. The molecule has 1 fully saturated rings. The third-order valence-corrected chi connectivity index (χ3v) is 10.2. The highest BCUT2D eigenvalue weighted by Crippen LogP contribution is 2.31. The van der Waals surface area contributed by atoms with Gasteiger partial charge in [-0.25, -0.2) is 8.78 Å². The van der Waals surface area contributed by atoms with E-state index >= 15 is 0 Å². The molecule has 0 bridgehead atoms. The van der Waals surface area contributed by atoms with Crippen molar-refractivity contribution >= 4 is 30.5 Å². The van der Waals surface area contributed by atoms with E-state index in [0.29, 0.717) is 12.2 Å². The van der Waals surface area contributed by atoms with Crippen molar-refractivity contribution in [3.05, 3.63) is 141 Å². The van der Waals surface area contributed by atoms with Crippen LogP contribution in [0.2, 0.25) is 0 Å². The molecule has 0 spiro atoms. The molecule has 3 nitrogen and oxygen atoms in total. The predicted molar refractivity (Wildman–Crippen MR) is 205 cm³/mol. The summed E-state index contributed by atoms with van der Waals surface area (Å²) in [4.78, 5) is 9.46. The Balaban J connectivity index is 0.00000270. The van der Waals surface area contributed by atoms with Crippen molar-refractivity contribution in [2.45, 2.75) is 73.5 Å². The zero-order valence-electron chi connectivity index (χ0n) is 29.3. The lowest BCUT2D eigenvalue weighted by Gasteiger charge is -2.40. The van der Waals surface area contributed by atoms with Crippen LogP contribution in [-0.4, -0.2) is 29.0 Å². The Morgan fingerprint density at radius 3 is 1.88 bits per heavy atom. The first kappa shape index (κ1) is 38.0. The van der Waals surface area contributed by atoms with Crippen LogP contribution in [0.25, 0.3) is 22.4 Å². The van der Waals surface area contributed by atoms with Crippen molar-refractivity contribution in [2.75, 3.05) is 18.0 Å². The molecule has 0 aliphatic carbocycles. The molecule has 0 saturated carbocycles. The molecule has 6 rings (SSSR count). The third-order valence-electron chi connectivity index (χ3n) is 10.2. The zero-order valence-corrected chi connectivity index (χ0v) is 30.9. The Bertz CT molecular complexity index is 1870. The number of halogens is 4. The maximum absolute atomic E-state index is 14.5. The fourth-order valence-electron chi connectivity index (χ4n) is 6.90. The van der Waals surface area contributed by atoms with Gasteiger partial charge < -0.3 is 4.90 Å². The van der Waals surface area contributed by atoms with Crippen LogP contribution < -0.4 is 4.90 Å². The molecule has 0 unspecified atom stereocenters. The van der Waals surface area contributed by atoms with E-state index in [4.69, 9.17) is 4.98 Å². The highest BCUT2D eigenvalue weighted by molar-refractivity contribution is 5.85. The van der Waals surface area contributed by atoms with E-state index in [0.717, 1.165) is 49.3 Å². The number of aryl methyl sites for hydroxylation is 4. The quantitative estimate of drug-likeness (QED) is 0.160. The van der Waals surface area contributed by atoms with Gasteiger partial charge in [0.1, 0.15) is 0 Å². The summed E-state index contributed by atoms with van der Waals surface area (Å²) in [5.41, 5.74) is 15.4. The van der Waals surface area contributed by atoms with Gasteiger partial charge in [0.15, 0.2) is 11.6 Å². The summed E-state index contributed by atoms with van der Waals surface area (Å²) in [6.07, 6.45) is 3.72. The lowest BCUT2D eigenvalue weighted by atomic mass is 9.95. The minimum atomic E-state index is -0.821. The molecule has 1 aromatic heterocycles. The Labute approximate surface area is 303 Å². The van der Waals surface area contributed by atoms with Crippen molar-refractivity contribution < 1.29 is 8.78 Å². The molecule has 1 aliphatic heterocycles. The van der Waals surface area contributed by atoms with Crippen molar-refractivity contribution in [2.24, 2.45) is 0 Å². The number of piperidine rings is 1. The first-order valence-electron chi connectivity index (χ1n) is 16.7. The first-order chi connectivity index (χ1) is 22.5. The van der Waals surface area contributed by atoms with Gasteiger partial charge in [-0.1, -0.05) is 30.3 Å². The van der Waals surface area contributed by atoms with Crippen LogP contribution in [-0.2, 0) is 13.1 Å². The molecule has 49 heavy (non-hydrogen) atoms. The molecular formula is C42H47Cl2F2N3. The van der Waals surface area contributed by atoms with Gasteiger partial charge in [-0.2, -0.15) is 0 Å². The normalized spacial score (nSPS) is 13.5. The summed E-state index contributed by atoms with van der Waals surface area (Å²) < 4.78 is 28.6. The molecule has 0 N–H and O–H groups in total. The summed E-state index contributed by atoms with van der Waals surface area (Å²) in [5.74, 6) is -1.64. The highest BCUT2D eigenvalue weighted by Gasteiger charge is 2.26. The fourth-order valence-corrected chi connectivity index (χ4v) is 6.90. The average Bonchev–Trinajstić information content (AvgIpc) is 3.06. The van der Waals surface area contributed by atoms with Gasteiger partial charge >= 0.3 is 0 Å². The maximum atomic E-state index is 14.5. The Kier molecular flexibility index (Phi) is 12.6. The molecule has 1 saturated heterocycles. The molecule has 2 heterocycles. The summed E-state index contributed by atoms with van der Waals surface area (Å²) >= 11 is 0. The average molecular weight is 703 g/mol. The molecule has 0 radical (unpaired) electrons. The van der Waals surface area contributed by atoms with Crippen molar-refractivity contribution in [3.8, 4) is 22.4 Å². The van der Waals surface area contributed by atoms with Gasteiger partial charge in [-0.3, -0.25) is 9.88 Å². The lowest BCUT2D eigenvalue weighted by molar-refractivity contribution is 0.201. The van der Waals surface area contributed by atoms with Crippen molar-refractivity contribution in [3.63, 3.8) is 0 Å². The Hall–Kier alpha value is -3.77. The monoisotopic (exact) mass is 701 g/mol. The maximum Gasteiger partial charge on any atom is 0.160 e. The smallest absolute Gasteiger partial charge is 0.160 e. The second kappa shape index (κ2) is 16.3. The summed E-state index contributed by atoms with van der Waals surface area (Å²) in [6.45, 7) is 16.3. The van der Waals surface area contributed by atoms with Crippen LogP contribution in [0, 0.1) is 53.2 Å². The Morgan fingerprint density at radius 1 is 0.653 bits per heavy atom. The van der Waals surface area contributed by atoms with Gasteiger partial charge in [0.25, 0.3) is 0 Å². The molecule has 258 valence electrons. The standard InChI is InChI=1S/C42H45F2N3.2ClH/c1-27-18-36(19-28(2)31(27)5)35-9-7-8-33(22-35)25-46-16-13-38(14-17-46)47(39-10-11-40(43)41(44)24-39)26-34-12-15-45-42(23-34)37-20-29(3)32(6)30(4)21-37;;/h7-12,15,18-24,38H,13-14,16-17,25-26H2,1-6H3;2*1H. The highest BCUT2D eigenvalue weighted by atomic mass is 35.5. The zero-order chi connectivity index (χ0) is 33.2. The van der Waals surface area contributed by atoms with Crippen LogP contribution in [0.4, 0.5) is 14.5 Å². The van der Waals surface area contributed by atoms with Gasteiger partial charge in [0.05, 0.1) is 5.69 Å². The molecule has 7 heteroatoms. The van der Waals surface area contributed by atoms with Crippen LogP contribution >= 0.6 is 24.8 Å². The molecule has 4 aromatic carbocycles. The summed E-state index contributed by atoms with van der Waals surface area (Å²) in [5, 5.41) is 0. The Morgan fingerprint density at radius 2 is 1.27 bits per heavy atom. The van der Waals surface area contributed by atoms with E-state index in [9.17, 15) is 8.78 Å². The molecule has 1 aliphatic rings. The van der Waals surface area contributed by atoms with Crippen LogP contribution in [0.1, 0.15) is 57.3 Å². The largest absolute Gasteiger partial charge is 0.364 e. The third kappa shape index (κ3) is 8.70. The van der Waals surface area contributed by atoms with E-state index in [1.54, 1.807) is 6.07 Å². The topological polar surface area (TPSA) is 19.4 Å². The number of hydrogen-bond acceptors (Lipinski definition) is 3. The fraction of sp³-hybridized carbons (Fsp3) is 0.310. The second-order valence-corrected chi connectivity index (χ2v) is 13.5. The summed E-state index contributed by atoms with van der Waals surface area (Å²) in [7, 11) is 0. The lowest BCUT2D eigenvalue weighted by Crippen LogP contribution is -2.44. The number of aromatic nitrogens is 1. The molecule has 5 aromatic rings. The van der Waals surface area contributed by atoms with E-state index in [1.165, 1.54) is 62.2 Å². The van der Waals surface area contributed by atoms with Crippen LogP contribution in [0.5, 0.6) is 0 Å². The van der Waals surface area contributed by atoms with E-state index in [2.05, 4.69) is 106 Å². The number of pyridine rings is 1. The number of nitrogens with zero attached hydrogens (tertiary/aromatic N) is 3.